The number of benzene rings is 1. The van der Waals surface area contributed by atoms with Crippen LogP contribution in [0.4, 0.5) is 0 Å². The van der Waals surface area contributed by atoms with Gasteiger partial charge in [-0.25, -0.2) is 13.4 Å². The van der Waals surface area contributed by atoms with Crippen LogP contribution in [0.15, 0.2) is 34.9 Å². The zero-order chi connectivity index (χ0) is 15.5. The van der Waals surface area contributed by atoms with Crippen LogP contribution in [0.5, 0.6) is 0 Å². The minimum atomic E-state index is -3.23. The van der Waals surface area contributed by atoms with E-state index in [4.69, 9.17) is 16.0 Å². The van der Waals surface area contributed by atoms with E-state index in [0.29, 0.717) is 23.6 Å². The van der Waals surface area contributed by atoms with Crippen molar-refractivity contribution >= 4 is 21.4 Å². The number of nitrogens with zero attached hydrogens (tertiary/aromatic N) is 1. The van der Waals surface area contributed by atoms with E-state index >= 15 is 0 Å². The molecule has 0 fully saturated rings. The lowest BCUT2D eigenvalue weighted by atomic mass is 10.2. The Hall–Kier alpha value is -1.33. The van der Waals surface area contributed by atoms with Gasteiger partial charge in [0.25, 0.3) is 0 Å². The molecule has 0 radical (unpaired) electrons. The van der Waals surface area contributed by atoms with Gasteiger partial charge in [-0.1, -0.05) is 37.6 Å². The van der Waals surface area contributed by atoms with Gasteiger partial charge in [0, 0.05) is 10.6 Å². The van der Waals surface area contributed by atoms with Gasteiger partial charge in [-0.2, -0.15) is 0 Å². The fourth-order valence-electron chi connectivity index (χ4n) is 2.24. The van der Waals surface area contributed by atoms with Crippen molar-refractivity contribution in [2.75, 3.05) is 0 Å². The SMILES string of the molecule is CCC(CC)S(=O)(=O)Cc1ncc(-c2cccc(Cl)c2)o1. The first-order chi connectivity index (χ1) is 9.96. The van der Waals surface area contributed by atoms with Gasteiger partial charge >= 0.3 is 0 Å². The standard InChI is InChI=1S/C15H18ClNO3S/c1-3-13(4-2)21(18,19)10-15-17-9-14(20-15)11-6-5-7-12(16)8-11/h5-9,13H,3-4,10H2,1-2H3. The topological polar surface area (TPSA) is 60.2 Å². The molecule has 114 valence electrons. The summed E-state index contributed by atoms with van der Waals surface area (Å²) in [5.41, 5.74) is 0.779. The van der Waals surface area contributed by atoms with Gasteiger partial charge in [-0.05, 0) is 25.0 Å². The Balaban J connectivity index is 2.21. The zero-order valence-electron chi connectivity index (χ0n) is 12.0. The second-order valence-corrected chi connectivity index (χ2v) is 7.59. The third kappa shape index (κ3) is 3.86. The highest BCUT2D eigenvalue weighted by Crippen LogP contribution is 2.25. The largest absolute Gasteiger partial charge is 0.440 e. The third-order valence-electron chi connectivity index (χ3n) is 3.41. The van der Waals surface area contributed by atoms with E-state index < -0.39 is 9.84 Å². The number of halogens is 1. The Morgan fingerprint density at radius 2 is 2.00 bits per heavy atom. The molecule has 4 nitrogen and oxygen atoms in total. The summed E-state index contributed by atoms with van der Waals surface area (Å²) in [6.07, 6.45) is 2.73. The van der Waals surface area contributed by atoms with Gasteiger partial charge in [0.05, 0.1) is 11.4 Å². The van der Waals surface area contributed by atoms with Gasteiger partial charge < -0.3 is 4.42 Å². The number of hydrogen-bond donors (Lipinski definition) is 0. The maximum Gasteiger partial charge on any atom is 0.210 e. The molecule has 0 amide bonds. The molecule has 2 rings (SSSR count). The molecule has 1 aromatic carbocycles. The minimum absolute atomic E-state index is 0.167. The fraction of sp³-hybridized carbons (Fsp3) is 0.400. The fourth-order valence-corrected chi connectivity index (χ4v) is 4.16. The Kier molecular flexibility index (Phi) is 5.06. The van der Waals surface area contributed by atoms with Gasteiger partial charge in [0.15, 0.2) is 15.6 Å². The van der Waals surface area contributed by atoms with Crippen molar-refractivity contribution in [3.05, 3.63) is 41.4 Å². The monoisotopic (exact) mass is 327 g/mol. The highest BCUT2D eigenvalue weighted by atomic mass is 35.5. The van der Waals surface area contributed by atoms with Gasteiger partial charge in [-0.3, -0.25) is 0 Å². The molecule has 0 atom stereocenters. The van der Waals surface area contributed by atoms with Crippen molar-refractivity contribution in [2.24, 2.45) is 0 Å². The average molecular weight is 328 g/mol. The summed E-state index contributed by atoms with van der Waals surface area (Å²) in [5, 5.41) is 0.245. The van der Waals surface area contributed by atoms with Crippen LogP contribution in [-0.2, 0) is 15.6 Å². The number of sulfone groups is 1. The minimum Gasteiger partial charge on any atom is -0.440 e. The Labute approximate surface area is 130 Å². The van der Waals surface area contributed by atoms with E-state index in [-0.39, 0.29) is 16.9 Å². The smallest absolute Gasteiger partial charge is 0.210 e. The molecule has 0 N–H and O–H groups in total. The lowest BCUT2D eigenvalue weighted by Crippen LogP contribution is -2.21. The number of aromatic nitrogens is 1. The van der Waals surface area contributed by atoms with Crippen LogP contribution in [0.1, 0.15) is 32.6 Å². The molecule has 6 heteroatoms. The van der Waals surface area contributed by atoms with Crippen molar-refractivity contribution in [3.8, 4) is 11.3 Å². The first kappa shape index (κ1) is 16.0. The summed E-state index contributed by atoms with van der Waals surface area (Å²) in [6.45, 7) is 3.75. The van der Waals surface area contributed by atoms with Crippen LogP contribution in [0.3, 0.4) is 0 Å². The predicted octanol–water partition coefficient (Wildman–Crippen LogP) is 4.10. The quantitative estimate of drug-likeness (QED) is 0.801. The Morgan fingerprint density at radius 3 is 2.62 bits per heavy atom. The van der Waals surface area contributed by atoms with Crippen LogP contribution in [0.2, 0.25) is 5.02 Å². The molecule has 0 saturated carbocycles. The molecular weight excluding hydrogens is 310 g/mol. The van der Waals surface area contributed by atoms with Crippen molar-refractivity contribution in [1.29, 1.82) is 0 Å². The van der Waals surface area contributed by atoms with Crippen molar-refractivity contribution in [3.63, 3.8) is 0 Å². The summed E-state index contributed by atoms with van der Waals surface area (Å²) in [7, 11) is -3.23. The molecule has 0 aliphatic rings. The zero-order valence-corrected chi connectivity index (χ0v) is 13.6. The molecule has 0 bridgehead atoms. The normalized spacial score (nSPS) is 12.0. The van der Waals surface area contributed by atoms with E-state index in [1.54, 1.807) is 18.2 Å². The van der Waals surface area contributed by atoms with Gasteiger partial charge in [-0.15, -0.1) is 0 Å². The lowest BCUT2D eigenvalue weighted by Gasteiger charge is -2.11. The molecule has 2 aromatic rings. The second-order valence-electron chi connectivity index (χ2n) is 4.87. The van der Waals surface area contributed by atoms with Gasteiger partial charge in [0.1, 0.15) is 5.75 Å². The van der Waals surface area contributed by atoms with Crippen LogP contribution in [0, 0.1) is 0 Å². The number of rotatable bonds is 6. The maximum atomic E-state index is 12.2. The summed E-state index contributed by atoms with van der Waals surface area (Å²) in [6, 6.07) is 7.16. The number of oxazole rings is 1. The molecule has 0 saturated heterocycles. The van der Waals surface area contributed by atoms with Crippen LogP contribution >= 0.6 is 11.6 Å². The second kappa shape index (κ2) is 6.62. The highest BCUT2D eigenvalue weighted by Gasteiger charge is 2.24. The molecule has 21 heavy (non-hydrogen) atoms. The van der Waals surface area contributed by atoms with Crippen LogP contribution in [-0.4, -0.2) is 18.7 Å². The van der Waals surface area contributed by atoms with Crippen LogP contribution < -0.4 is 0 Å². The van der Waals surface area contributed by atoms with Crippen LogP contribution in [0.25, 0.3) is 11.3 Å². The van der Waals surface area contributed by atoms with E-state index in [1.807, 2.05) is 19.9 Å². The third-order valence-corrected chi connectivity index (χ3v) is 5.97. The predicted molar refractivity (Wildman–Crippen MR) is 83.9 cm³/mol. The molecule has 0 unspecified atom stereocenters. The maximum absolute atomic E-state index is 12.2. The summed E-state index contributed by atoms with van der Waals surface area (Å²) in [4.78, 5) is 4.07. The van der Waals surface area contributed by atoms with Crippen molar-refractivity contribution in [1.82, 2.24) is 4.98 Å². The van der Waals surface area contributed by atoms with E-state index in [0.717, 1.165) is 5.56 Å². The van der Waals surface area contributed by atoms with E-state index in [1.165, 1.54) is 6.20 Å². The summed E-state index contributed by atoms with van der Waals surface area (Å²) >= 11 is 5.93. The van der Waals surface area contributed by atoms with Crippen molar-refractivity contribution in [2.45, 2.75) is 37.7 Å². The summed E-state index contributed by atoms with van der Waals surface area (Å²) < 4.78 is 30.0. The van der Waals surface area contributed by atoms with E-state index in [9.17, 15) is 8.42 Å². The molecule has 1 aromatic heterocycles. The Bertz CT molecular complexity index is 705. The average Bonchev–Trinajstić information content (AvgIpc) is 2.87. The molecule has 0 aliphatic carbocycles. The first-order valence-corrected chi connectivity index (χ1v) is 8.97. The lowest BCUT2D eigenvalue weighted by molar-refractivity contribution is 0.514. The van der Waals surface area contributed by atoms with E-state index in [2.05, 4.69) is 4.98 Å². The molecular formula is C15H18ClNO3S. The Morgan fingerprint density at radius 1 is 1.29 bits per heavy atom. The highest BCUT2D eigenvalue weighted by molar-refractivity contribution is 7.91. The summed E-state index contributed by atoms with van der Waals surface area (Å²) in [5.74, 6) is 0.573. The van der Waals surface area contributed by atoms with Gasteiger partial charge in [0.2, 0.25) is 5.89 Å². The first-order valence-electron chi connectivity index (χ1n) is 6.88. The molecule has 0 aliphatic heterocycles. The number of hydrogen-bond acceptors (Lipinski definition) is 4. The van der Waals surface area contributed by atoms with Crippen molar-refractivity contribution < 1.29 is 12.8 Å². The molecule has 1 heterocycles. The molecule has 0 spiro atoms.